The maximum Gasteiger partial charge on any atom is 0.283 e. The van der Waals surface area contributed by atoms with Crippen molar-refractivity contribution in [3.05, 3.63) is 54.4 Å². The van der Waals surface area contributed by atoms with Crippen LogP contribution in [0.15, 0.2) is 48.8 Å². The highest BCUT2D eigenvalue weighted by Gasteiger charge is 2.34. The number of hydrogen-bond donors (Lipinski definition) is 2. The Bertz CT molecular complexity index is 720. The number of para-hydroxylation sites is 2. The maximum absolute atomic E-state index is 12.2. The molecule has 2 heterocycles. The molecule has 0 bridgehead atoms. The Morgan fingerprint density at radius 1 is 1.04 bits per heavy atom. The summed E-state index contributed by atoms with van der Waals surface area (Å²) in [6.07, 6.45) is 1.61. The molecule has 118 valence electrons. The first-order valence-electron chi connectivity index (χ1n) is 7.08. The molecule has 0 aliphatic carbocycles. The molecule has 3 rings (SSSR count). The van der Waals surface area contributed by atoms with E-state index in [1.54, 1.807) is 43.5 Å². The summed E-state index contributed by atoms with van der Waals surface area (Å²) in [4.78, 5) is 27.9. The molecule has 0 saturated carbocycles. The highest BCUT2D eigenvalue weighted by molar-refractivity contribution is 5.95. The van der Waals surface area contributed by atoms with Gasteiger partial charge < -0.3 is 9.47 Å². The van der Waals surface area contributed by atoms with Crippen molar-refractivity contribution in [1.82, 2.24) is 15.8 Å². The standard InChI is InChI=1S/C16H15N3O4/c1-10-14(23-13-7-3-2-6-12(13)22-10)16(21)19-18-15(20)11-5-4-8-17-9-11/h2-10,14H,1H3,(H,18,20)(H,19,21)/t10-,14-/m0/s1. The van der Waals surface area contributed by atoms with Crippen molar-refractivity contribution in [2.45, 2.75) is 19.1 Å². The highest BCUT2D eigenvalue weighted by Crippen LogP contribution is 2.33. The molecule has 1 aromatic carbocycles. The van der Waals surface area contributed by atoms with E-state index in [9.17, 15) is 9.59 Å². The predicted molar refractivity (Wildman–Crippen MR) is 80.8 cm³/mol. The zero-order valence-electron chi connectivity index (χ0n) is 12.4. The van der Waals surface area contributed by atoms with Gasteiger partial charge in [0.15, 0.2) is 11.5 Å². The molecule has 1 aliphatic heterocycles. The van der Waals surface area contributed by atoms with Gasteiger partial charge >= 0.3 is 0 Å². The van der Waals surface area contributed by atoms with Gasteiger partial charge in [-0.1, -0.05) is 12.1 Å². The van der Waals surface area contributed by atoms with Gasteiger partial charge in [-0.05, 0) is 31.2 Å². The van der Waals surface area contributed by atoms with E-state index in [0.717, 1.165) is 0 Å². The molecule has 2 N–H and O–H groups in total. The van der Waals surface area contributed by atoms with Crippen LogP contribution in [0.25, 0.3) is 0 Å². The first-order valence-corrected chi connectivity index (χ1v) is 7.08. The first-order chi connectivity index (χ1) is 11.1. The van der Waals surface area contributed by atoms with Crippen molar-refractivity contribution in [2.75, 3.05) is 0 Å². The van der Waals surface area contributed by atoms with E-state index in [1.807, 2.05) is 6.07 Å². The Morgan fingerprint density at radius 3 is 2.48 bits per heavy atom. The summed E-state index contributed by atoms with van der Waals surface area (Å²) in [5.74, 6) is 0.119. The van der Waals surface area contributed by atoms with Gasteiger partial charge in [0.25, 0.3) is 11.8 Å². The largest absolute Gasteiger partial charge is 0.482 e. The number of carbonyl (C=O) groups is 2. The monoisotopic (exact) mass is 313 g/mol. The Labute approximate surface area is 132 Å². The lowest BCUT2D eigenvalue weighted by Crippen LogP contribution is -2.53. The molecule has 0 unspecified atom stereocenters. The Morgan fingerprint density at radius 2 is 1.78 bits per heavy atom. The summed E-state index contributed by atoms with van der Waals surface area (Å²) in [6.45, 7) is 1.73. The summed E-state index contributed by atoms with van der Waals surface area (Å²) in [7, 11) is 0. The number of pyridine rings is 1. The average molecular weight is 313 g/mol. The predicted octanol–water partition coefficient (Wildman–Crippen LogP) is 1.07. The van der Waals surface area contributed by atoms with Crippen LogP contribution < -0.4 is 20.3 Å². The van der Waals surface area contributed by atoms with Gasteiger partial charge in [0.2, 0.25) is 6.10 Å². The Kier molecular flexibility index (Phi) is 4.09. The van der Waals surface area contributed by atoms with E-state index in [4.69, 9.17) is 9.47 Å². The highest BCUT2D eigenvalue weighted by atomic mass is 16.6. The molecule has 0 fully saturated rings. The number of hydrazine groups is 1. The van der Waals surface area contributed by atoms with Crippen LogP contribution in [0, 0.1) is 0 Å². The van der Waals surface area contributed by atoms with Crippen molar-refractivity contribution >= 4 is 11.8 Å². The summed E-state index contributed by atoms with van der Waals surface area (Å²) in [6, 6.07) is 10.3. The number of carbonyl (C=O) groups excluding carboxylic acids is 2. The van der Waals surface area contributed by atoms with Crippen molar-refractivity contribution in [3.63, 3.8) is 0 Å². The van der Waals surface area contributed by atoms with E-state index in [0.29, 0.717) is 17.1 Å². The summed E-state index contributed by atoms with van der Waals surface area (Å²) < 4.78 is 11.3. The van der Waals surface area contributed by atoms with Crippen LogP contribution in [-0.2, 0) is 4.79 Å². The minimum absolute atomic E-state index is 0.340. The van der Waals surface area contributed by atoms with E-state index < -0.39 is 24.0 Å². The molecule has 0 saturated heterocycles. The van der Waals surface area contributed by atoms with Gasteiger partial charge in [-0.3, -0.25) is 25.4 Å². The van der Waals surface area contributed by atoms with Gasteiger partial charge in [-0.25, -0.2) is 0 Å². The molecule has 1 aliphatic rings. The molecule has 2 aromatic rings. The van der Waals surface area contributed by atoms with Crippen LogP contribution in [0.2, 0.25) is 0 Å². The lowest BCUT2D eigenvalue weighted by molar-refractivity contribution is -0.134. The van der Waals surface area contributed by atoms with E-state index >= 15 is 0 Å². The van der Waals surface area contributed by atoms with Crippen molar-refractivity contribution in [3.8, 4) is 11.5 Å². The Balaban J connectivity index is 1.62. The van der Waals surface area contributed by atoms with E-state index in [-0.39, 0.29) is 0 Å². The minimum Gasteiger partial charge on any atom is -0.482 e. The lowest BCUT2D eigenvalue weighted by atomic mass is 10.1. The number of ether oxygens (including phenoxy) is 2. The summed E-state index contributed by atoms with van der Waals surface area (Å²) >= 11 is 0. The molecular formula is C16H15N3O4. The van der Waals surface area contributed by atoms with Gasteiger partial charge in [0.1, 0.15) is 6.10 Å². The molecule has 1 aromatic heterocycles. The molecule has 7 heteroatoms. The third kappa shape index (κ3) is 3.23. The van der Waals surface area contributed by atoms with Crippen molar-refractivity contribution < 1.29 is 19.1 Å². The van der Waals surface area contributed by atoms with E-state index in [1.165, 1.54) is 6.20 Å². The zero-order chi connectivity index (χ0) is 16.2. The number of nitrogens with zero attached hydrogens (tertiary/aromatic N) is 1. The number of benzene rings is 1. The lowest BCUT2D eigenvalue weighted by Gasteiger charge is -2.30. The van der Waals surface area contributed by atoms with E-state index in [2.05, 4.69) is 15.8 Å². The average Bonchev–Trinajstić information content (AvgIpc) is 2.59. The fourth-order valence-electron chi connectivity index (χ4n) is 2.16. The quantitative estimate of drug-likeness (QED) is 0.810. The number of hydrogen-bond acceptors (Lipinski definition) is 5. The van der Waals surface area contributed by atoms with Crippen LogP contribution in [0.4, 0.5) is 0 Å². The number of amides is 2. The fraction of sp³-hybridized carbons (Fsp3) is 0.188. The van der Waals surface area contributed by atoms with Crippen LogP contribution in [0.1, 0.15) is 17.3 Å². The Hall–Kier alpha value is -3.09. The van der Waals surface area contributed by atoms with Crippen LogP contribution in [0.3, 0.4) is 0 Å². The third-order valence-corrected chi connectivity index (χ3v) is 3.32. The number of aromatic nitrogens is 1. The maximum atomic E-state index is 12.2. The number of nitrogens with one attached hydrogen (secondary N) is 2. The molecule has 2 atom stereocenters. The van der Waals surface area contributed by atoms with Crippen molar-refractivity contribution in [2.24, 2.45) is 0 Å². The van der Waals surface area contributed by atoms with Gasteiger partial charge in [-0.15, -0.1) is 0 Å². The van der Waals surface area contributed by atoms with Crippen LogP contribution in [-0.4, -0.2) is 29.0 Å². The molecule has 0 radical (unpaired) electrons. The molecular weight excluding hydrogens is 298 g/mol. The van der Waals surface area contributed by atoms with Crippen LogP contribution in [0.5, 0.6) is 11.5 Å². The number of rotatable bonds is 2. The SMILES string of the molecule is C[C@@H]1Oc2ccccc2O[C@@H]1C(=O)NNC(=O)c1cccnc1. The molecule has 7 nitrogen and oxygen atoms in total. The normalized spacial score (nSPS) is 18.8. The third-order valence-electron chi connectivity index (χ3n) is 3.32. The summed E-state index contributed by atoms with van der Waals surface area (Å²) in [5.41, 5.74) is 5.01. The van der Waals surface area contributed by atoms with Crippen molar-refractivity contribution in [1.29, 1.82) is 0 Å². The minimum atomic E-state index is -0.862. The van der Waals surface area contributed by atoms with Gasteiger partial charge in [0.05, 0.1) is 5.56 Å². The second-order valence-electron chi connectivity index (χ2n) is 4.99. The second-order valence-corrected chi connectivity index (χ2v) is 4.99. The number of fused-ring (bicyclic) bond motifs is 1. The van der Waals surface area contributed by atoms with Crippen LogP contribution >= 0.6 is 0 Å². The molecule has 2 amide bonds. The fourth-order valence-corrected chi connectivity index (χ4v) is 2.16. The first kappa shape index (κ1) is 14.8. The molecule has 0 spiro atoms. The molecule has 23 heavy (non-hydrogen) atoms. The zero-order valence-corrected chi connectivity index (χ0v) is 12.4. The van der Waals surface area contributed by atoms with Gasteiger partial charge in [0, 0.05) is 12.4 Å². The smallest absolute Gasteiger partial charge is 0.283 e. The second kappa shape index (κ2) is 6.35. The topological polar surface area (TPSA) is 89.5 Å². The summed E-state index contributed by atoms with van der Waals surface area (Å²) in [5, 5.41) is 0. The van der Waals surface area contributed by atoms with Gasteiger partial charge in [-0.2, -0.15) is 0 Å².